The Balaban J connectivity index is 0.000000173. The van der Waals surface area contributed by atoms with E-state index in [1.54, 1.807) is 121 Å². The molecule has 4 unspecified atom stereocenters. The van der Waals surface area contributed by atoms with Crippen molar-refractivity contribution < 1.29 is 52.7 Å². The minimum Gasteiger partial charge on any atom is -0.311 e. The predicted octanol–water partition coefficient (Wildman–Crippen LogP) is 36.8. The highest BCUT2D eigenvalue weighted by Crippen LogP contribution is 2.54. The fourth-order valence-electron chi connectivity index (χ4n) is 20.5. The van der Waals surface area contributed by atoms with Crippen LogP contribution in [0.25, 0.3) is 122 Å². The number of hydrogen-bond donors (Lipinski definition) is 0. The summed E-state index contributed by atoms with van der Waals surface area (Å²) in [5.74, 6) is 0. The second-order valence-corrected chi connectivity index (χ2v) is 37.7. The van der Waals surface area contributed by atoms with Gasteiger partial charge in [-0.3, -0.25) is 0 Å². The molecular weight excluding hydrogens is 1870 g/mol. The number of alkyl halides is 12. The second-order valence-electron chi connectivity index (χ2n) is 37.7. The number of fused-ring (bicyclic) bond motifs is 6. The van der Waals surface area contributed by atoms with Crippen molar-refractivity contribution in [3.63, 3.8) is 0 Å². The minimum absolute atomic E-state index is 0.0477. The highest BCUT2D eigenvalue weighted by Gasteiger charge is 2.57. The van der Waals surface area contributed by atoms with E-state index in [4.69, 9.17) is 9.97 Å². The summed E-state index contributed by atoms with van der Waals surface area (Å²) in [6.07, 6.45) is -18.7. The van der Waals surface area contributed by atoms with Gasteiger partial charge in [0.15, 0.2) is 0 Å². The third-order valence-electron chi connectivity index (χ3n) is 29.2. The Labute approximate surface area is 848 Å². The maximum Gasteiger partial charge on any atom is 0.402 e. The molecule has 0 amide bonds. The van der Waals surface area contributed by atoms with Crippen LogP contribution in [0.15, 0.2) is 497 Å². The quantitative estimate of drug-likeness (QED) is 0.0634. The molecule has 4 aromatic heterocycles. The van der Waals surface area contributed by atoms with Crippen molar-refractivity contribution in [2.24, 2.45) is 0 Å². The van der Waals surface area contributed by atoms with Crippen LogP contribution in [0.3, 0.4) is 0 Å². The van der Waals surface area contributed by atoms with E-state index in [1.807, 2.05) is 313 Å². The number of pyridine rings is 2. The van der Waals surface area contributed by atoms with Crippen molar-refractivity contribution in [1.82, 2.24) is 19.1 Å². The zero-order valence-corrected chi connectivity index (χ0v) is 80.6. The fourth-order valence-corrected chi connectivity index (χ4v) is 20.5. The van der Waals surface area contributed by atoms with Crippen LogP contribution in [0.1, 0.15) is 72.2 Å². The third-order valence-corrected chi connectivity index (χ3v) is 29.2. The van der Waals surface area contributed by atoms with Gasteiger partial charge >= 0.3 is 24.7 Å². The van der Waals surface area contributed by atoms with Gasteiger partial charge in [0.1, 0.15) is 21.7 Å². The Hall–Kier alpha value is -17.4. The van der Waals surface area contributed by atoms with Gasteiger partial charge in [-0.25, -0.2) is 9.97 Å². The fraction of sp³-hybridized carbons (Fsp3) is 0.0923. The molecule has 22 aromatic rings. The highest BCUT2D eigenvalue weighted by molar-refractivity contribution is 6.10. The van der Waals surface area contributed by atoms with E-state index >= 15 is 52.7 Å². The molecule has 0 aliphatic heterocycles. The molecule has 4 heterocycles. The molecule has 0 spiro atoms. The van der Waals surface area contributed by atoms with Crippen molar-refractivity contribution in [1.29, 1.82) is 0 Å². The zero-order valence-electron chi connectivity index (χ0n) is 80.6. The summed E-state index contributed by atoms with van der Waals surface area (Å²) in [6.45, 7) is 4.81. The van der Waals surface area contributed by atoms with Crippen LogP contribution in [0.5, 0.6) is 0 Å². The summed E-state index contributed by atoms with van der Waals surface area (Å²) >= 11 is 0. The van der Waals surface area contributed by atoms with Crippen LogP contribution in [-0.2, 0) is 21.7 Å². The first-order chi connectivity index (χ1) is 71.4. The van der Waals surface area contributed by atoms with Crippen molar-refractivity contribution >= 4 is 77.7 Å². The predicted molar refractivity (Wildman–Crippen MR) is 575 cm³/mol. The van der Waals surface area contributed by atoms with E-state index in [9.17, 15) is 0 Å². The number of benzene rings is 18. The maximum absolute atomic E-state index is 15.5. The monoisotopic (exact) mass is 1970 g/mol. The minimum atomic E-state index is -4.67. The number of para-hydroxylation sites is 8. The van der Waals surface area contributed by atoms with E-state index in [0.29, 0.717) is 56.4 Å². The maximum atomic E-state index is 15.5. The van der Waals surface area contributed by atoms with Gasteiger partial charge in [0.25, 0.3) is 0 Å². The molecular formula is C130H94F12N6. The van der Waals surface area contributed by atoms with Crippen LogP contribution in [-0.4, -0.2) is 43.8 Å². The molecule has 0 radical (unpaired) electrons. The largest absolute Gasteiger partial charge is 0.402 e. The number of hydrogen-bond acceptors (Lipinski definition) is 4. The van der Waals surface area contributed by atoms with Gasteiger partial charge in [-0.15, -0.1) is 0 Å². The second kappa shape index (κ2) is 39.0. The standard InChI is InChI=1S/C65H45F6N3.C65H49F6N3/c1-62(64(66,67)68,48-32-36-50(37-33-48)73-58-20-10-6-16-52(58)53-17-7-11-21-59(53)73)46-28-24-43(25-29-46)56-40-45(42-14-4-3-5-15-42)41-57(72-56)44-26-30-47(31-27-44)63(2,65(69,70)71)49-34-38-51(39-35-49)74-60-22-12-8-18-54(60)55-19-9-13-23-61(55)74;1-62(64(66,67)68,52-36-40-58(41-37-52)73(54-20-10-4-11-21-54)55-22-12-5-13-23-55)50-32-28-47(29-33-50)60-44-49(46-18-8-3-9-19-46)45-61(72-60)48-30-34-51(35-31-48)63(2,65(69,70)71)53-38-42-59(43-39-53)74(56-24-14-6-15-25-56)57-26-16-7-17-27-57/h3-41H,1-2H3;3-45H,1-2H3. The van der Waals surface area contributed by atoms with E-state index in [-0.39, 0.29) is 44.5 Å². The number of rotatable bonds is 22. The van der Waals surface area contributed by atoms with Crippen LogP contribution >= 0.6 is 0 Å². The normalized spacial score (nSPS) is 13.6. The highest BCUT2D eigenvalue weighted by atomic mass is 19.4. The molecule has 728 valence electrons. The molecule has 0 aliphatic rings. The summed E-state index contributed by atoms with van der Waals surface area (Å²) in [6, 6.07) is 149. The molecule has 0 N–H and O–H groups in total. The van der Waals surface area contributed by atoms with Gasteiger partial charge in [-0.2, -0.15) is 52.7 Å². The van der Waals surface area contributed by atoms with Crippen LogP contribution in [0.4, 0.5) is 86.8 Å². The van der Waals surface area contributed by atoms with Crippen LogP contribution < -0.4 is 9.80 Å². The average Bonchev–Trinajstić information content (AvgIpc) is 1.68. The lowest BCUT2D eigenvalue weighted by molar-refractivity contribution is -0.173. The molecule has 0 fully saturated rings. The molecule has 4 atom stereocenters. The molecule has 0 aliphatic carbocycles. The molecule has 0 bridgehead atoms. The molecule has 0 saturated heterocycles. The molecule has 6 nitrogen and oxygen atoms in total. The van der Waals surface area contributed by atoms with Crippen molar-refractivity contribution in [3.8, 4) is 78.7 Å². The van der Waals surface area contributed by atoms with E-state index in [0.717, 1.165) is 100.0 Å². The lowest BCUT2D eigenvalue weighted by Crippen LogP contribution is -2.40. The smallest absolute Gasteiger partial charge is 0.311 e. The van der Waals surface area contributed by atoms with E-state index in [2.05, 4.69) is 9.13 Å². The Bertz CT molecular complexity index is 7850. The van der Waals surface area contributed by atoms with Crippen molar-refractivity contribution in [2.45, 2.75) is 74.1 Å². The van der Waals surface area contributed by atoms with Gasteiger partial charge in [-0.1, -0.05) is 352 Å². The van der Waals surface area contributed by atoms with Crippen LogP contribution in [0, 0.1) is 0 Å². The average molecular weight is 1970 g/mol. The molecule has 18 heteroatoms. The topological polar surface area (TPSA) is 42.1 Å². The Morgan fingerprint density at radius 3 is 0.541 bits per heavy atom. The Morgan fingerprint density at radius 1 is 0.169 bits per heavy atom. The number of aromatic nitrogens is 4. The van der Waals surface area contributed by atoms with Gasteiger partial charge in [-0.05, 0) is 240 Å². The Kier molecular flexibility index (Phi) is 25.5. The third kappa shape index (κ3) is 17.8. The number of anilines is 6. The lowest BCUT2D eigenvalue weighted by atomic mass is 9.75. The number of nitrogens with zero attached hydrogens (tertiary/aromatic N) is 6. The number of halogens is 12. The van der Waals surface area contributed by atoms with Gasteiger partial charge in [0.2, 0.25) is 0 Å². The molecule has 18 aromatic carbocycles. The van der Waals surface area contributed by atoms with Gasteiger partial charge < -0.3 is 18.9 Å². The summed E-state index contributed by atoms with van der Waals surface area (Å²) in [7, 11) is 0. The zero-order chi connectivity index (χ0) is 102. The van der Waals surface area contributed by atoms with Gasteiger partial charge in [0, 0.05) is 89.3 Å². The van der Waals surface area contributed by atoms with E-state index < -0.39 is 46.4 Å². The van der Waals surface area contributed by atoms with Crippen molar-refractivity contribution in [3.05, 3.63) is 542 Å². The molecule has 0 saturated carbocycles. The summed E-state index contributed by atoms with van der Waals surface area (Å²) < 4.78 is 190. The molecule has 22 rings (SSSR count). The first kappa shape index (κ1) is 96.7. The first-order valence-corrected chi connectivity index (χ1v) is 48.5. The van der Waals surface area contributed by atoms with E-state index in [1.165, 1.54) is 100 Å². The Morgan fingerprint density at radius 2 is 0.338 bits per heavy atom. The summed E-state index contributed by atoms with van der Waals surface area (Å²) in [4.78, 5) is 14.0. The van der Waals surface area contributed by atoms with Crippen molar-refractivity contribution in [2.75, 3.05) is 9.80 Å². The molecule has 148 heavy (non-hydrogen) atoms. The van der Waals surface area contributed by atoms with Crippen LogP contribution in [0.2, 0.25) is 0 Å². The SMILES string of the molecule is CC(c1ccc(-c2cc(-c3ccccc3)cc(-c3ccc(C(C)(c4ccc(-n5c6ccccc6c6ccccc65)cc4)C(F)(F)F)cc3)n2)cc1)(c1ccc(-n2c3ccccc3c3ccccc32)cc1)C(F)(F)F.CC(c1ccc(-c2cc(-c3ccccc3)cc(-c3ccc(C(C)(c4ccc(N(c5ccccc5)c5ccccc5)cc4)C(F)(F)F)cc3)n2)cc1)(c1ccc(N(c2ccccc2)c2ccccc2)cc1)C(F)(F)F. The summed E-state index contributed by atoms with van der Waals surface area (Å²) in [5.41, 5.74) is 8.78. The lowest BCUT2D eigenvalue weighted by Gasteiger charge is -2.34. The summed E-state index contributed by atoms with van der Waals surface area (Å²) in [5, 5.41) is 4.22. The van der Waals surface area contributed by atoms with Gasteiger partial charge in [0.05, 0.1) is 44.8 Å². The first-order valence-electron chi connectivity index (χ1n) is 48.5.